The molecule has 6 heteroatoms. The van der Waals surface area contributed by atoms with Crippen LogP contribution in [0.3, 0.4) is 0 Å². The summed E-state index contributed by atoms with van der Waals surface area (Å²) in [6, 6.07) is -0.208. The highest BCUT2D eigenvalue weighted by Crippen LogP contribution is 2.21. The lowest BCUT2D eigenvalue weighted by atomic mass is 10.1. The summed E-state index contributed by atoms with van der Waals surface area (Å²) >= 11 is 0. The molecule has 3 N–H and O–H groups in total. The van der Waals surface area contributed by atoms with Gasteiger partial charge in [-0.1, -0.05) is 19.8 Å². The molecular formula is C10H19F3N2O. The van der Waals surface area contributed by atoms with Gasteiger partial charge in [-0.3, -0.25) is 4.79 Å². The fourth-order valence-corrected chi connectivity index (χ4v) is 1.25. The van der Waals surface area contributed by atoms with Gasteiger partial charge in [0.15, 0.2) is 0 Å². The second kappa shape index (κ2) is 7.49. The molecule has 0 aromatic carbocycles. The topological polar surface area (TPSA) is 55.1 Å². The fourth-order valence-electron chi connectivity index (χ4n) is 1.25. The van der Waals surface area contributed by atoms with Crippen LogP contribution < -0.4 is 11.1 Å². The molecule has 0 aromatic heterocycles. The normalized spacial score (nSPS) is 13.6. The fraction of sp³-hybridized carbons (Fsp3) is 0.900. The number of halogens is 3. The molecular weight excluding hydrogens is 221 g/mol. The van der Waals surface area contributed by atoms with E-state index in [9.17, 15) is 18.0 Å². The molecule has 3 nitrogen and oxygen atoms in total. The Morgan fingerprint density at radius 2 is 2.06 bits per heavy atom. The summed E-state index contributed by atoms with van der Waals surface area (Å²) in [5.41, 5.74) is 5.41. The van der Waals surface area contributed by atoms with Gasteiger partial charge in [-0.05, 0) is 6.42 Å². The second-order valence-corrected chi connectivity index (χ2v) is 3.76. The molecule has 0 aliphatic rings. The van der Waals surface area contributed by atoms with Crippen molar-refractivity contribution in [3.8, 4) is 0 Å². The lowest BCUT2D eigenvalue weighted by molar-refractivity contribution is -0.144. The van der Waals surface area contributed by atoms with E-state index in [2.05, 4.69) is 5.32 Å². The zero-order valence-electron chi connectivity index (χ0n) is 9.44. The Labute approximate surface area is 93.6 Å². The summed E-state index contributed by atoms with van der Waals surface area (Å²) in [6.07, 6.45) is -3.30. The van der Waals surface area contributed by atoms with E-state index in [1.807, 2.05) is 6.92 Å². The first-order valence-corrected chi connectivity index (χ1v) is 5.45. The minimum Gasteiger partial charge on any atom is -0.352 e. The Hall–Kier alpha value is -0.780. The first-order valence-electron chi connectivity index (χ1n) is 5.45. The van der Waals surface area contributed by atoms with Crippen LogP contribution in [0, 0.1) is 0 Å². The molecule has 0 radical (unpaired) electrons. The molecule has 0 bridgehead atoms. The quantitative estimate of drug-likeness (QED) is 0.714. The molecule has 0 rings (SSSR count). The van der Waals surface area contributed by atoms with Gasteiger partial charge in [-0.15, -0.1) is 0 Å². The highest BCUT2D eigenvalue weighted by Gasteiger charge is 2.28. The van der Waals surface area contributed by atoms with Crippen LogP contribution in [-0.4, -0.2) is 24.7 Å². The maximum atomic E-state index is 11.8. The largest absolute Gasteiger partial charge is 0.389 e. The van der Waals surface area contributed by atoms with Gasteiger partial charge >= 0.3 is 6.18 Å². The van der Waals surface area contributed by atoms with Crippen LogP contribution in [0.1, 0.15) is 39.0 Å². The summed E-state index contributed by atoms with van der Waals surface area (Å²) in [4.78, 5) is 11.2. The SMILES string of the molecule is CCCCC(CN)NC(=O)CCC(F)(F)F. The van der Waals surface area contributed by atoms with Gasteiger partial charge in [0.2, 0.25) is 5.91 Å². The van der Waals surface area contributed by atoms with Crippen molar-refractivity contribution < 1.29 is 18.0 Å². The molecule has 0 aliphatic carbocycles. The summed E-state index contributed by atoms with van der Waals surface area (Å²) < 4.78 is 35.5. The van der Waals surface area contributed by atoms with Crippen LogP contribution in [0.5, 0.6) is 0 Å². The van der Waals surface area contributed by atoms with Crippen molar-refractivity contribution in [1.82, 2.24) is 5.32 Å². The lowest BCUT2D eigenvalue weighted by Gasteiger charge is -2.16. The molecule has 1 atom stereocenters. The van der Waals surface area contributed by atoms with E-state index in [1.54, 1.807) is 0 Å². The highest BCUT2D eigenvalue weighted by atomic mass is 19.4. The third kappa shape index (κ3) is 8.52. The van der Waals surface area contributed by atoms with Crippen molar-refractivity contribution in [3.05, 3.63) is 0 Å². The number of nitrogens with one attached hydrogen (secondary N) is 1. The summed E-state index contributed by atoms with van der Waals surface area (Å²) in [5.74, 6) is -0.580. The number of nitrogens with two attached hydrogens (primary N) is 1. The van der Waals surface area contributed by atoms with Gasteiger partial charge in [0.1, 0.15) is 0 Å². The van der Waals surface area contributed by atoms with Crippen LogP contribution >= 0.6 is 0 Å². The van der Waals surface area contributed by atoms with Crippen molar-refractivity contribution in [2.75, 3.05) is 6.54 Å². The first-order chi connectivity index (χ1) is 7.39. The van der Waals surface area contributed by atoms with E-state index in [-0.39, 0.29) is 12.6 Å². The van der Waals surface area contributed by atoms with Gasteiger partial charge < -0.3 is 11.1 Å². The van der Waals surface area contributed by atoms with Crippen LogP contribution in [0.2, 0.25) is 0 Å². The Balaban J connectivity index is 3.83. The molecule has 0 fully saturated rings. The molecule has 0 saturated heterocycles. The Morgan fingerprint density at radius 1 is 1.44 bits per heavy atom. The minimum absolute atomic E-state index is 0.208. The van der Waals surface area contributed by atoms with Crippen molar-refractivity contribution in [3.63, 3.8) is 0 Å². The molecule has 0 aliphatic heterocycles. The van der Waals surface area contributed by atoms with E-state index in [0.29, 0.717) is 6.42 Å². The van der Waals surface area contributed by atoms with Gasteiger partial charge in [0.25, 0.3) is 0 Å². The Bertz CT molecular complexity index is 207. The number of amides is 1. The lowest BCUT2D eigenvalue weighted by Crippen LogP contribution is -2.40. The molecule has 1 unspecified atom stereocenters. The van der Waals surface area contributed by atoms with Gasteiger partial charge in [0, 0.05) is 19.0 Å². The number of hydrogen-bond acceptors (Lipinski definition) is 2. The number of rotatable bonds is 7. The third-order valence-corrected chi connectivity index (χ3v) is 2.19. The van der Waals surface area contributed by atoms with E-state index in [1.165, 1.54) is 0 Å². The molecule has 0 spiro atoms. The zero-order chi connectivity index (χ0) is 12.6. The second-order valence-electron chi connectivity index (χ2n) is 3.76. The van der Waals surface area contributed by atoms with Gasteiger partial charge in [-0.25, -0.2) is 0 Å². The maximum absolute atomic E-state index is 11.8. The highest BCUT2D eigenvalue weighted by molar-refractivity contribution is 5.76. The molecule has 0 aromatic rings. The summed E-state index contributed by atoms with van der Waals surface area (Å²) in [6.45, 7) is 2.26. The average molecular weight is 240 g/mol. The molecule has 1 amide bonds. The molecule has 96 valence electrons. The van der Waals surface area contributed by atoms with Crippen molar-refractivity contribution in [1.29, 1.82) is 0 Å². The summed E-state index contributed by atoms with van der Waals surface area (Å²) in [5, 5.41) is 2.51. The average Bonchev–Trinajstić information content (AvgIpc) is 2.20. The summed E-state index contributed by atoms with van der Waals surface area (Å²) in [7, 11) is 0. The third-order valence-electron chi connectivity index (χ3n) is 2.19. The molecule has 0 saturated carbocycles. The van der Waals surface area contributed by atoms with Gasteiger partial charge in [0.05, 0.1) is 6.42 Å². The van der Waals surface area contributed by atoms with E-state index in [4.69, 9.17) is 5.73 Å². The monoisotopic (exact) mass is 240 g/mol. The molecule has 0 heterocycles. The zero-order valence-corrected chi connectivity index (χ0v) is 9.44. The van der Waals surface area contributed by atoms with Crippen LogP contribution in [0.25, 0.3) is 0 Å². The Kier molecular flexibility index (Phi) is 7.12. The number of unbranched alkanes of at least 4 members (excludes halogenated alkanes) is 1. The van der Waals surface area contributed by atoms with E-state index < -0.39 is 24.9 Å². The van der Waals surface area contributed by atoms with Crippen LogP contribution in [0.4, 0.5) is 13.2 Å². The van der Waals surface area contributed by atoms with E-state index in [0.717, 1.165) is 12.8 Å². The number of hydrogen-bond donors (Lipinski definition) is 2. The predicted molar refractivity (Wildman–Crippen MR) is 55.8 cm³/mol. The van der Waals surface area contributed by atoms with Crippen LogP contribution in [0.15, 0.2) is 0 Å². The number of carbonyl (C=O) groups excluding carboxylic acids is 1. The smallest absolute Gasteiger partial charge is 0.352 e. The van der Waals surface area contributed by atoms with Crippen molar-refractivity contribution >= 4 is 5.91 Å². The molecule has 16 heavy (non-hydrogen) atoms. The predicted octanol–water partition coefficient (Wildman–Crippen LogP) is 1.96. The number of carbonyl (C=O) groups is 1. The standard InChI is InChI=1S/C10H19F3N2O/c1-2-3-4-8(7-14)15-9(16)5-6-10(11,12)13/h8H,2-7,14H2,1H3,(H,15,16). The Morgan fingerprint density at radius 3 is 2.50 bits per heavy atom. The maximum Gasteiger partial charge on any atom is 0.389 e. The van der Waals surface area contributed by atoms with Crippen molar-refractivity contribution in [2.45, 2.75) is 51.2 Å². The first kappa shape index (κ1) is 15.2. The van der Waals surface area contributed by atoms with Crippen molar-refractivity contribution in [2.24, 2.45) is 5.73 Å². The van der Waals surface area contributed by atoms with Crippen LogP contribution in [-0.2, 0) is 4.79 Å². The minimum atomic E-state index is -4.28. The number of alkyl halides is 3. The van der Waals surface area contributed by atoms with Gasteiger partial charge in [-0.2, -0.15) is 13.2 Å². The van der Waals surface area contributed by atoms with E-state index >= 15 is 0 Å².